The Labute approximate surface area is 197 Å². The van der Waals surface area contributed by atoms with Crippen molar-refractivity contribution < 1.29 is 13.2 Å². The third-order valence-corrected chi connectivity index (χ3v) is 8.01. The lowest BCUT2D eigenvalue weighted by molar-refractivity contribution is -0.122. The first-order valence-electron chi connectivity index (χ1n) is 10.6. The third kappa shape index (κ3) is 5.28. The highest BCUT2D eigenvalue weighted by atomic mass is 79.9. The van der Waals surface area contributed by atoms with Gasteiger partial charge < -0.3 is 5.32 Å². The molecule has 1 N–H and O–H groups in total. The first kappa shape index (κ1) is 22.7. The second-order valence-corrected chi connectivity index (χ2v) is 10.8. The van der Waals surface area contributed by atoms with Gasteiger partial charge in [0, 0.05) is 11.0 Å². The van der Waals surface area contributed by atoms with Crippen LogP contribution in [0.5, 0.6) is 0 Å². The van der Waals surface area contributed by atoms with E-state index in [-0.39, 0.29) is 29.9 Å². The number of carbonyl (C=O) groups excluding carboxylic acids is 1. The predicted octanol–water partition coefficient (Wildman–Crippen LogP) is 4.83. The Bertz CT molecular complexity index is 1180. The number of nitrogens with one attached hydrogen (secondary N) is 1. The van der Waals surface area contributed by atoms with E-state index in [0.717, 1.165) is 34.9 Å². The average molecular weight is 513 g/mol. The molecule has 0 saturated carbocycles. The maximum absolute atomic E-state index is 13.4. The molecule has 3 aromatic rings. The van der Waals surface area contributed by atoms with Crippen molar-refractivity contribution in [1.29, 1.82) is 0 Å². The summed E-state index contributed by atoms with van der Waals surface area (Å²) in [6.45, 7) is -0.134. The lowest BCUT2D eigenvalue weighted by Crippen LogP contribution is -2.42. The maximum Gasteiger partial charge on any atom is 0.243 e. The number of fused-ring (bicyclic) bond motifs is 1. The maximum atomic E-state index is 13.4. The van der Waals surface area contributed by atoms with E-state index in [1.54, 1.807) is 30.3 Å². The largest absolute Gasteiger partial charge is 0.348 e. The molecule has 0 radical (unpaired) electrons. The Hall–Kier alpha value is -2.48. The molecule has 0 fully saturated rings. The van der Waals surface area contributed by atoms with Crippen LogP contribution in [0.4, 0.5) is 0 Å². The number of benzene rings is 3. The minimum atomic E-state index is -3.85. The molecular weight excluding hydrogens is 488 g/mol. The van der Waals surface area contributed by atoms with Crippen molar-refractivity contribution in [3.05, 3.63) is 100 Å². The molecule has 32 heavy (non-hydrogen) atoms. The Kier molecular flexibility index (Phi) is 7.08. The van der Waals surface area contributed by atoms with Crippen LogP contribution in [0, 0.1) is 0 Å². The van der Waals surface area contributed by atoms with Gasteiger partial charge in [-0.05, 0) is 60.2 Å². The highest BCUT2D eigenvalue weighted by Crippen LogP contribution is 2.29. The van der Waals surface area contributed by atoms with E-state index >= 15 is 0 Å². The zero-order chi connectivity index (χ0) is 22.6. The van der Waals surface area contributed by atoms with Crippen LogP contribution in [0.2, 0.25) is 0 Å². The summed E-state index contributed by atoms with van der Waals surface area (Å²) in [5.41, 5.74) is 3.17. The van der Waals surface area contributed by atoms with Crippen LogP contribution in [-0.4, -0.2) is 25.2 Å². The van der Waals surface area contributed by atoms with Gasteiger partial charge in [-0.25, -0.2) is 8.42 Å². The van der Waals surface area contributed by atoms with Crippen LogP contribution in [0.25, 0.3) is 0 Å². The average Bonchev–Trinajstić information content (AvgIpc) is 2.81. The summed E-state index contributed by atoms with van der Waals surface area (Å²) in [5.74, 6) is -0.302. The molecule has 4 rings (SSSR count). The van der Waals surface area contributed by atoms with Crippen molar-refractivity contribution >= 4 is 31.9 Å². The third-order valence-electron chi connectivity index (χ3n) is 5.68. The number of amides is 1. The molecule has 0 aromatic heterocycles. The predicted molar refractivity (Wildman–Crippen MR) is 128 cm³/mol. The number of sulfonamides is 1. The van der Waals surface area contributed by atoms with E-state index in [1.807, 2.05) is 42.5 Å². The molecule has 7 heteroatoms. The van der Waals surface area contributed by atoms with Gasteiger partial charge in [-0.1, -0.05) is 70.5 Å². The second kappa shape index (κ2) is 9.98. The lowest BCUT2D eigenvalue weighted by Gasteiger charge is -2.28. The Morgan fingerprint density at radius 2 is 1.66 bits per heavy atom. The van der Waals surface area contributed by atoms with E-state index in [2.05, 4.69) is 27.3 Å². The van der Waals surface area contributed by atoms with Gasteiger partial charge in [-0.3, -0.25) is 4.79 Å². The van der Waals surface area contributed by atoms with Gasteiger partial charge in [-0.15, -0.1) is 0 Å². The molecule has 0 saturated heterocycles. The molecule has 1 amide bonds. The minimum Gasteiger partial charge on any atom is -0.348 e. The number of halogens is 1. The van der Waals surface area contributed by atoms with Crippen molar-refractivity contribution in [3.8, 4) is 0 Å². The zero-order valence-corrected chi connectivity index (χ0v) is 20.0. The molecule has 3 aromatic carbocycles. The normalized spacial score (nSPS) is 15.9. The molecule has 1 aliphatic rings. The molecule has 0 heterocycles. The van der Waals surface area contributed by atoms with Crippen LogP contribution in [0.1, 0.15) is 35.6 Å². The minimum absolute atomic E-state index is 0.0959. The summed E-state index contributed by atoms with van der Waals surface area (Å²) in [6.07, 6.45) is 2.84. The van der Waals surface area contributed by atoms with E-state index < -0.39 is 10.0 Å². The molecule has 0 unspecified atom stereocenters. The van der Waals surface area contributed by atoms with E-state index in [4.69, 9.17) is 0 Å². The Morgan fingerprint density at radius 1 is 0.969 bits per heavy atom. The van der Waals surface area contributed by atoms with E-state index in [1.165, 1.54) is 9.87 Å². The fourth-order valence-electron chi connectivity index (χ4n) is 4.06. The Balaban J connectivity index is 1.56. The SMILES string of the molecule is O=C(CN(Cc1ccc(Br)cc1)S(=O)(=O)c1ccccc1)N[C@H]1CCCc2ccccc21. The summed E-state index contributed by atoms with van der Waals surface area (Å²) < 4.78 is 28.9. The van der Waals surface area contributed by atoms with Crippen molar-refractivity contribution in [2.24, 2.45) is 0 Å². The van der Waals surface area contributed by atoms with Crippen molar-refractivity contribution in [1.82, 2.24) is 9.62 Å². The summed E-state index contributed by atoms with van der Waals surface area (Å²) in [4.78, 5) is 13.2. The molecular formula is C25H25BrN2O3S. The monoisotopic (exact) mass is 512 g/mol. The fraction of sp³-hybridized carbons (Fsp3) is 0.240. The molecule has 0 aliphatic heterocycles. The second-order valence-electron chi connectivity index (χ2n) is 7.92. The highest BCUT2D eigenvalue weighted by molar-refractivity contribution is 9.10. The van der Waals surface area contributed by atoms with Crippen molar-refractivity contribution in [3.63, 3.8) is 0 Å². The molecule has 166 valence electrons. The summed E-state index contributed by atoms with van der Waals surface area (Å²) >= 11 is 3.40. The van der Waals surface area contributed by atoms with Gasteiger partial charge in [0.05, 0.1) is 17.5 Å². The number of rotatable bonds is 7. The zero-order valence-electron chi connectivity index (χ0n) is 17.6. The number of aryl methyl sites for hydroxylation is 1. The fourth-order valence-corrected chi connectivity index (χ4v) is 5.73. The highest BCUT2D eigenvalue weighted by Gasteiger charge is 2.28. The van der Waals surface area contributed by atoms with Gasteiger partial charge >= 0.3 is 0 Å². The van der Waals surface area contributed by atoms with Crippen LogP contribution >= 0.6 is 15.9 Å². The van der Waals surface area contributed by atoms with Crippen LogP contribution in [-0.2, 0) is 27.8 Å². The Morgan fingerprint density at radius 3 is 2.41 bits per heavy atom. The van der Waals surface area contributed by atoms with Crippen LogP contribution in [0.3, 0.4) is 0 Å². The van der Waals surface area contributed by atoms with Gasteiger partial charge in [0.2, 0.25) is 15.9 Å². The van der Waals surface area contributed by atoms with Crippen molar-refractivity contribution in [2.75, 3.05) is 6.54 Å². The quantitative estimate of drug-likeness (QED) is 0.492. The molecule has 0 bridgehead atoms. The van der Waals surface area contributed by atoms with Gasteiger partial charge in [0.15, 0.2) is 0 Å². The number of hydrogen-bond donors (Lipinski definition) is 1. The molecule has 1 atom stereocenters. The van der Waals surface area contributed by atoms with Gasteiger partial charge in [0.1, 0.15) is 0 Å². The molecule has 0 spiro atoms. The number of nitrogens with zero attached hydrogens (tertiary/aromatic N) is 1. The van der Waals surface area contributed by atoms with E-state index in [9.17, 15) is 13.2 Å². The topological polar surface area (TPSA) is 66.5 Å². The van der Waals surface area contributed by atoms with Crippen LogP contribution in [0.15, 0.2) is 88.2 Å². The van der Waals surface area contributed by atoms with Gasteiger partial charge in [0.25, 0.3) is 0 Å². The summed E-state index contributed by atoms with van der Waals surface area (Å²) in [6, 6.07) is 23.7. The van der Waals surface area contributed by atoms with E-state index in [0.29, 0.717) is 0 Å². The number of carbonyl (C=O) groups is 1. The standard InChI is InChI=1S/C25H25BrN2O3S/c26-21-15-13-19(14-16-21)17-28(32(30,31)22-9-2-1-3-10-22)18-25(29)27-24-12-6-8-20-7-4-5-11-23(20)24/h1-5,7,9-11,13-16,24H,6,8,12,17-18H2,(H,27,29)/t24-/m0/s1. The van der Waals surface area contributed by atoms with Gasteiger partial charge in [-0.2, -0.15) is 4.31 Å². The molecule has 1 aliphatic carbocycles. The summed E-state index contributed by atoms with van der Waals surface area (Å²) in [7, 11) is -3.85. The molecule has 5 nitrogen and oxygen atoms in total. The smallest absolute Gasteiger partial charge is 0.243 e. The first-order chi connectivity index (χ1) is 15.4. The lowest BCUT2D eigenvalue weighted by atomic mass is 9.88. The summed E-state index contributed by atoms with van der Waals surface area (Å²) in [5, 5.41) is 3.07. The van der Waals surface area contributed by atoms with Crippen LogP contribution < -0.4 is 5.32 Å². The first-order valence-corrected chi connectivity index (χ1v) is 12.8. The van der Waals surface area contributed by atoms with Crippen molar-refractivity contribution in [2.45, 2.75) is 36.7 Å². The number of hydrogen-bond acceptors (Lipinski definition) is 3.